The number of hydrogen-bond donors (Lipinski definition) is 3. The highest BCUT2D eigenvalue weighted by Gasteiger charge is 2.16. The molecule has 0 fully saturated rings. The van der Waals surface area contributed by atoms with E-state index in [0.29, 0.717) is 12.0 Å². The minimum absolute atomic E-state index is 0.134. The largest absolute Gasteiger partial charge is 0.352 e. The van der Waals surface area contributed by atoms with Gasteiger partial charge in [0.05, 0.1) is 17.9 Å². The molecule has 1 heterocycles. The van der Waals surface area contributed by atoms with Crippen LogP contribution in [0.15, 0.2) is 65.3 Å². The van der Waals surface area contributed by atoms with Crippen LogP contribution in [0.25, 0.3) is 11.3 Å². The molecule has 1 atom stereocenters. The molecule has 2 amide bonds. The van der Waals surface area contributed by atoms with Crippen molar-refractivity contribution in [1.29, 1.82) is 0 Å². The summed E-state index contributed by atoms with van der Waals surface area (Å²) >= 11 is 3.34. The Balaban J connectivity index is 1.50. The van der Waals surface area contributed by atoms with E-state index < -0.39 is 0 Å². The zero-order valence-corrected chi connectivity index (χ0v) is 17.7. The quantitative estimate of drug-likeness (QED) is 0.475. The molecule has 0 spiro atoms. The van der Waals surface area contributed by atoms with Crippen LogP contribution in [0.3, 0.4) is 0 Å². The van der Waals surface area contributed by atoms with Crippen LogP contribution < -0.4 is 10.6 Å². The van der Waals surface area contributed by atoms with Crippen molar-refractivity contribution in [1.82, 2.24) is 20.6 Å². The molecule has 0 bridgehead atoms. The Morgan fingerprint density at radius 3 is 2.52 bits per heavy atom. The Morgan fingerprint density at radius 1 is 1.10 bits per heavy atom. The summed E-state index contributed by atoms with van der Waals surface area (Å²) < 4.78 is 0.910. The van der Waals surface area contributed by atoms with Gasteiger partial charge in [0.1, 0.15) is 5.82 Å². The molecule has 3 N–H and O–H groups in total. The van der Waals surface area contributed by atoms with Crippen LogP contribution in [0, 0.1) is 0 Å². The van der Waals surface area contributed by atoms with E-state index in [9.17, 15) is 9.59 Å². The fourth-order valence-corrected chi connectivity index (χ4v) is 3.17. The number of benzene rings is 2. The number of H-pyrrole nitrogens is 1. The number of carbonyl (C=O) groups excluding carboxylic acids is 2. The molecule has 0 radical (unpaired) electrons. The molecule has 6 nitrogen and oxygen atoms in total. The smallest absolute Gasteiger partial charge is 0.251 e. The summed E-state index contributed by atoms with van der Waals surface area (Å²) in [6.07, 6.45) is 2.68. The molecule has 7 heteroatoms. The molecular formula is C22H23BrN4O2. The highest BCUT2D eigenvalue weighted by Crippen LogP contribution is 2.20. The van der Waals surface area contributed by atoms with Crippen molar-refractivity contribution < 1.29 is 9.59 Å². The van der Waals surface area contributed by atoms with Gasteiger partial charge in [0, 0.05) is 23.0 Å². The predicted molar refractivity (Wildman–Crippen MR) is 116 cm³/mol. The van der Waals surface area contributed by atoms with Crippen molar-refractivity contribution in [3.8, 4) is 11.3 Å². The van der Waals surface area contributed by atoms with Gasteiger partial charge in [0.2, 0.25) is 5.91 Å². The highest BCUT2D eigenvalue weighted by atomic mass is 79.9. The Kier molecular flexibility index (Phi) is 7.19. The van der Waals surface area contributed by atoms with Crippen LogP contribution in [0.5, 0.6) is 0 Å². The predicted octanol–water partition coefficient (Wildman–Crippen LogP) is 4.23. The molecule has 0 aliphatic rings. The van der Waals surface area contributed by atoms with Gasteiger partial charge in [0.25, 0.3) is 5.91 Å². The van der Waals surface area contributed by atoms with E-state index in [2.05, 4.69) is 36.5 Å². The van der Waals surface area contributed by atoms with E-state index in [1.807, 2.05) is 37.3 Å². The van der Waals surface area contributed by atoms with Crippen molar-refractivity contribution in [2.24, 2.45) is 0 Å². The molecule has 1 aromatic heterocycles. The number of imidazole rings is 1. The second kappa shape index (κ2) is 10.0. The average Bonchev–Trinajstić information content (AvgIpc) is 3.23. The van der Waals surface area contributed by atoms with Crippen molar-refractivity contribution in [3.63, 3.8) is 0 Å². The Labute approximate surface area is 178 Å². The van der Waals surface area contributed by atoms with Gasteiger partial charge in [-0.05, 0) is 36.2 Å². The molecule has 0 saturated carbocycles. The van der Waals surface area contributed by atoms with Crippen molar-refractivity contribution in [3.05, 3.63) is 76.7 Å². The van der Waals surface area contributed by atoms with Crippen molar-refractivity contribution in [2.45, 2.75) is 25.8 Å². The van der Waals surface area contributed by atoms with Gasteiger partial charge in [-0.1, -0.05) is 53.2 Å². The maximum Gasteiger partial charge on any atom is 0.251 e. The monoisotopic (exact) mass is 454 g/mol. The lowest BCUT2D eigenvalue weighted by Gasteiger charge is -2.15. The van der Waals surface area contributed by atoms with E-state index in [-0.39, 0.29) is 30.8 Å². The number of hydrogen-bond acceptors (Lipinski definition) is 3. The lowest BCUT2D eigenvalue weighted by molar-refractivity contribution is -0.121. The summed E-state index contributed by atoms with van der Waals surface area (Å²) in [5.74, 6) is 0.389. The lowest BCUT2D eigenvalue weighted by Crippen LogP contribution is -2.33. The maximum atomic E-state index is 12.3. The van der Waals surface area contributed by atoms with Gasteiger partial charge >= 0.3 is 0 Å². The number of aromatic amines is 1. The fraction of sp³-hybridized carbons (Fsp3) is 0.227. The first kappa shape index (κ1) is 20.8. The first-order valence-corrected chi connectivity index (χ1v) is 10.3. The van der Waals surface area contributed by atoms with Gasteiger partial charge in [-0.3, -0.25) is 9.59 Å². The molecular weight excluding hydrogens is 432 g/mol. The van der Waals surface area contributed by atoms with Crippen LogP contribution in [0.2, 0.25) is 0 Å². The van der Waals surface area contributed by atoms with Gasteiger partial charge in [-0.15, -0.1) is 0 Å². The zero-order chi connectivity index (χ0) is 20.6. The summed E-state index contributed by atoms with van der Waals surface area (Å²) in [7, 11) is 0. The van der Waals surface area contributed by atoms with Crippen LogP contribution in [0.1, 0.15) is 42.0 Å². The van der Waals surface area contributed by atoms with Crippen LogP contribution in [-0.4, -0.2) is 28.3 Å². The standard InChI is InChI=1S/C22H23BrN4O2/c1-2-18(21-25-14-19(27-21)15-6-4-3-5-7-15)26-20(28)12-13-24-22(29)16-8-10-17(23)11-9-16/h3-11,14,18H,2,12-13H2,1H3,(H,24,29)(H,25,27)(H,26,28). The number of nitrogens with one attached hydrogen (secondary N) is 3. The van der Waals surface area contributed by atoms with Gasteiger partial charge in [-0.2, -0.15) is 0 Å². The van der Waals surface area contributed by atoms with Gasteiger partial charge in [0.15, 0.2) is 0 Å². The minimum Gasteiger partial charge on any atom is -0.352 e. The lowest BCUT2D eigenvalue weighted by atomic mass is 10.2. The summed E-state index contributed by atoms with van der Waals surface area (Å²) in [5, 5.41) is 5.75. The SMILES string of the molecule is CCC(NC(=O)CCNC(=O)c1ccc(Br)cc1)c1ncc(-c2ccccc2)[nH]1. The minimum atomic E-state index is -0.206. The van der Waals surface area contributed by atoms with E-state index in [1.54, 1.807) is 30.5 Å². The molecule has 29 heavy (non-hydrogen) atoms. The zero-order valence-electron chi connectivity index (χ0n) is 16.1. The fourth-order valence-electron chi connectivity index (χ4n) is 2.90. The summed E-state index contributed by atoms with van der Waals surface area (Å²) in [5.41, 5.74) is 2.52. The van der Waals surface area contributed by atoms with E-state index in [4.69, 9.17) is 0 Å². The number of aromatic nitrogens is 2. The Bertz CT molecular complexity index is 954. The second-order valence-electron chi connectivity index (χ2n) is 6.59. The van der Waals surface area contributed by atoms with Crippen LogP contribution in [0.4, 0.5) is 0 Å². The number of amides is 2. The third-order valence-electron chi connectivity index (χ3n) is 4.50. The molecule has 0 aliphatic heterocycles. The number of halogens is 1. The number of rotatable bonds is 8. The van der Waals surface area contributed by atoms with E-state index in [0.717, 1.165) is 21.6 Å². The van der Waals surface area contributed by atoms with E-state index >= 15 is 0 Å². The number of nitrogens with zero attached hydrogens (tertiary/aromatic N) is 1. The summed E-state index contributed by atoms with van der Waals surface area (Å²) in [6.45, 7) is 2.26. The first-order valence-electron chi connectivity index (χ1n) is 9.50. The van der Waals surface area contributed by atoms with Gasteiger partial charge in [-0.25, -0.2) is 4.98 Å². The number of carbonyl (C=O) groups is 2. The summed E-state index contributed by atoms with van der Waals surface area (Å²) in [4.78, 5) is 32.1. The van der Waals surface area contributed by atoms with Gasteiger partial charge < -0.3 is 15.6 Å². The van der Waals surface area contributed by atoms with E-state index in [1.165, 1.54) is 0 Å². The Morgan fingerprint density at radius 2 is 1.83 bits per heavy atom. The molecule has 2 aromatic carbocycles. The average molecular weight is 455 g/mol. The summed E-state index contributed by atoms with van der Waals surface area (Å²) in [6, 6.07) is 16.8. The molecule has 0 aliphatic carbocycles. The molecule has 3 aromatic rings. The normalized spacial score (nSPS) is 11.7. The topological polar surface area (TPSA) is 86.9 Å². The molecule has 3 rings (SSSR count). The van der Waals surface area contributed by atoms with Crippen LogP contribution >= 0.6 is 15.9 Å². The third kappa shape index (κ3) is 5.77. The molecule has 1 unspecified atom stereocenters. The maximum absolute atomic E-state index is 12.3. The molecule has 0 saturated heterocycles. The third-order valence-corrected chi connectivity index (χ3v) is 5.03. The second-order valence-corrected chi connectivity index (χ2v) is 7.50. The Hall–Kier alpha value is -2.93. The van der Waals surface area contributed by atoms with Crippen molar-refractivity contribution >= 4 is 27.7 Å². The first-order chi connectivity index (χ1) is 14.1. The van der Waals surface area contributed by atoms with Crippen LogP contribution in [-0.2, 0) is 4.79 Å². The van der Waals surface area contributed by atoms with Crippen molar-refractivity contribution in [2.75, 3.05) is 6.54 Å². The highest BCUT2D eigenvalue weighted by molar-refractivity contribution is 9.10. The molecule has 150 valence electrons.